The van der Waals surface area contributed by atoms with E-state index in [0.717, 1.165) is 0 Å². The van der Waals surface area contributed by atoms with Gasteiger partial charge in [-0.05, 0) is 29.7 Å². The van der Waals surface area contributed by atoms with Crippen LogP contribution in [-0.4, -0.2) is 50.4 Å². The number of carbonyl (C=O) groups excluding carboxylic acids is 3. The Morgan fingerprint density at radius 1 is 0.900 bits per heavy atom. The van der Waals surface area contributed by atoms with E-state index >= 15 is 0 Å². The summed E-state index contributed by atoms with van der Waals surface area (Å²) in [5.41, 5.74) is 1.86. The number of anilines is 1. The van der Waals surface area contributed by atoms with Crippen LogP contribution in [0.4, 0.5) is 5.69 Å². The summed E-state index contributed by atoms with van der Waals surface area (Å²) in [6.45, 7) is 0. The van der Waals surface area contributed by atoms with Gasteiger partial charge in [0, 0.05) is 18.2 Å². The van der Waals surface area contributed by atoms with E-state index in [2.05, 4.69) is 14.8 Å². The number of nitrogens with one attached hydrogen (secondary N) is 1. The van der Waals surface area contributed by atoms with Gasteiger partial charge in [-0.3, -0.25) is 14.4 Å². The van der Waals surface area contributed by atoms with Crippen LogP contribution in [0.25, 0.3) is 0 Å². The zero-order valence-electron chi connectivity index (χ0n) is 17.1. The SMILES string of the molecule is COC(=O)C(Cc1cccc(CC(O)C(=O)Nc2cccc(OC)c2)c1)C(=O)OC. The smallest absolute Gasteiger partial charge is 0.320 e. The first-order chi connectivity index (χ1) is 14.4. The highest BCUT2D eigenvalue weighted by Crippen LogP contribution is 2.18. The van der Waals surface area contributed by atoms with E-state index in [1.165, 1.54) is 21.3 Å². The van der Waals surface area contributed by atoms with E-state index in [0.29, 0.717) is 22.6 Å². The molecule has 0 aliphatic rings. The van der Waals surface area contributed by atoms with Gasteiger partial charge in [0.1, 0.15) is 11.9 Å². The van der Waals surface area contributed by atoms with E-state index < -0.39 is 29.9 Å². The molecule has 0 radical (unpaired) electrons. The molecule has 0 aliphatic heterocycles. The van der Waals surface area contributed by atoms with Crippen LogP contribution >= 0.6 is 0 Å². The monoisotopic (exact) mass is 415 g/mol. The molecule has 0 aromatic heterocycles. The first-order valence-electron chi connectivity index (χ1n) is 9.24. The summed E-state index contributed by atoms with van der Waals surface area (Å²) in [5.74, 6) is -2.44. The fourth-order valence-corrected chi connectivity index (χ4v) is 2.91. The maximum absolute atomic E-state index is 12.3. The molecule has 0 spiro atoms. The molecule has 0 saturated carbocycles. The van der Waals surface area contributed by atoms with Crippen LogP contribution in [-0.2, 0) is 36.7 Å². The van der Waals surface area contributed by atoms with Gasteiger partial charge in [0.25, 0.3) is 5.91 Å². The topological polar surface area (TPSA) is 111 Å². The summed E-state index contributed by atoms with van der Waals surface area (Å²) in [6, 6.07) is 13.7. The van der Waals surface area contributed by atoms with Gasteiger partial charge in [-0.2, -0.15) is 0 Å². The molecule has 2 rings (SSSR count). The van der Waals surface area contributed by atoms with Crippen LogP contribution in [0.5, 0.6) is 5.75 Å². The lowest BCUT2D eigenvalue weighted by Gasteiger charge is -2.15. The molecular formula is C22H25NO7. The number of ether oxygens (including phenoxy) is 3. The minimum absolute atomic E-state index is 0.0603. The molecule has 8 nitrogen and oxygen atoms in total. The Balaban J connectivity index is 2.05. The third kappa shape index (κ3) is 6.31. The summed E-state index contributed by atoms with van der Waals surface area (Å²) in [6.07, 6.45) is -1.15. The molecule has 8 heteroatoms. The number of methoxy groups -OCH3 is 3. The standard InChI is InChI=1S/C22H25NO7/c1-28-17-9-5-8-16(13-17)23-20(25)19(24)12-15-7-4-6-14(10-15)11-18(21(26)29-2)22(27)30-3/h4-10,13,18-19,24H,11-12H2,1-3H3,(H,23,25). The number of amides is 1. The van der Waals surface area contributed by atoms with Gasteiger partial charge in [-0.25, -0.2) is 0 Å². The summed E-state index contributed by atoms with van der Waals surface area (Å²) < 4.78 is 14.4. The highest BCUT2D eigenvalue weighted by molar-refractivity contribution is 5.95. The summed E-state index contributed by atoms with van der Waals surface area (Å²) in [4.78, 5) is 36.0. The van der Waals surface area contributed by atoms with E-state index in [4.69, 9.17) is 4.74 Å². The van der Waals surface area contributed by atoms with Crippen LogP contribution in [0, 0.1) is 5.92 Å². The van der Waals surface area contributed by atoms with Crippen molar-refractivity contribution in [3.63, 3.8) is 0 Å². The number of aliphatic hydroxyl groups is 1. The van der Waals surface area contributed by atoms with Gasteiger partial charge in [-0.15, -0.1) is 0 Å². The quantitative estimate of drug-likeness (QED) is 0.474. The Morgan fingerprint density at radius 3 is 2.10 bits per heavy atom. The van der Waals surface area contributed by atoms with Crippen LogP contribution in [0.1, 0.15) is 11.1 Å². The number of hydrogen-bond acceptors (Lipinski definition) is 7. The average molecular weight is 415 g/mol. The van der Waals surface area contributed by atoms with Gasteiger partial charge in [0.2, 0.25) is 0 Å². The minimum Gasteiger partial charge on any atom is -0.497 e. The highest BCUT2D eigenvalue weighted by Gasteiger charge is 2.29. The predicted octanol–water partition coefficient (Wildman–Crippen LogP) is 1.74. The summed E-state index contributed by atoms with van der Waals surface area (Å²) >= 11 is 0. The maximum Gasteiger partial charge on any atom is 0.320 e. The molecule has 2 aromatic rings. The number of esters is 2. The third-order valence-corrected chi connectivity index (χ3v) is 4.47. The largest absolute Gasteiger partial charge is 0.497 e. The van der Waals surface area contributed by atoms with Gasteiger partial charge in [-0.1, -0.05) is 30.3 Å². The van der Waals surface area contributed by atoms with Crippen molar-refractivity contribution in [1.82, 2.24) is 0 Å². The second-order valence-electron chi connectivity index (χ2n) is 6.56. The van der Waals surface area contributed by atoms with E-state index in [-0.39, 0.29) is 12.8 Å². The van der Waals surface area contributed by atoms with Crippen molar-refractivity contribution in [3.8, 4) is 5.75 Å². The van der Waals surface area contributed by atoms with E-state index in [9.17, 15) is 19.5 Å². The Hall–Kier alpha value is -3.39. The van der Waals surface area contributed by atoms with Crippen molar-refractivity contribution >= 4 is 23.5 Å². The molecule has 0 fully saturated rings. The number of carbonyl (C=O) groups is 3. The molecule has 0 heterocycles. The van der Waals surface area contributed by atoms with Crippen LogP contribution < -0.4 is 10.1 Å². The van der Waals surface area contributed by atoms with Crippen LogP contribution in [0.15, 0.2) is 48.5 Å². The lowest BCUT2D eigenvalue weighted by Crippen LogP contribution is -2.30. The average Bonchev–Trinajstić information content (AvgIpc) is 2.76. The molecule has 1 unspecified atom stereocenters. The molecule has 0 aliphatic carbocycles. The Bertz CT molecular complexity index is 881. The molecule has 2 aromatic carbocycles. The predicted molar refractivity (Wildman–Crippen MR) is 109 cm³/mol. The van der Waals surface area contributed by atoms with Crippen LogP contribution in [0.3, 0.4) is 0 Å². The molecule has 1 amide bonds. The second kappa shape index (κ2) is 11.0. The van der Waals surface area contributed by atoms with Gasteiger partial charge < -0.3 is 24.6 Å². The molecule has 2 N–H and O–H groups in total. The Labute approximate surface area is 174 Å². The highest BCUT2D eigenvalue weighted by atomic mass is 16.5. The van der Waals surface area contributed by atoms with Crippen molar-refractivity contribution < 1.29 is 33.7 Å². The van der Waals surface area contributed by atoms with Crippen molar-refractivity contribution in [2.24, 2.45) is 5.92 Å². The van der Waals surface area contributed by atoms with Crippen molar-refractivity contribution in [2.45, 2.75) is 18.9 Å². The summed E-state index contributed by atoms with van der Waals surface area (Å²) in [7, 11) is 3.92. The molecule has 160 valence electrons. The fourth-order valence-electron chi connectivity index (χ4n) is 2.91. The van der Waals surface area contributed by atoms with Gasteiger partial charge in [0.05, 0.1) is 21.3 Å². The van der Waals surface area contributed by atoms with E-state index in [1.54, 1.807) is 48.5 Å². The third-order valence-electron chi connectivity index (χ3n) is 4.47. The molecule has 30 heavy (non-hydrogen) atoms. The van der Waals surface area contributed by atoms with Crippen molar-refractivity contribution in [2.75, 3.05) is 26.6 Å². The van der Waals surface area contributed by atoms with E-state index in [1.807, 2.05) is 0 Å². The Kier molecular flexibility index (Phi) is 8.37. The lowest BCUT2D eigenvalue weighted by atomic mass is 9.96. The zero-order chi connectivity index (χ0) is 22.1. The number of aliphatic hydroxyl groups excluding tert-OH is 1. The summed E-state index contributed by atoms with van der Waals surface area (Å²) in [5, 5.41) is 12.9. The molecule has 0 saturated heterocycles. The van der Waals surface area contributed by atoms with Gasteiger partial charge >= 0.3 is 11.9 Å². The maximum atomic E-state index is 12.3. The van der Waals surface area contributed by atoms with Gasteiger partial charge in [0.15, 0.2) is 5.92 Å². The first-order valence-corrected chi connectivity index (χ1v) is 9.24. The molecule has 1 atom stereocenters. The minimum atomic E-state index is -1.29. The normalized spacial score (nSPS) is 11.5. The fraction of sp³-hybridized carbons (Fsp3) is 0.318. The second-order valence-corrected chi connectivity index (χ2v) is 6.56. The lowest BCUT2D eigenvalue weighted by molar-refractivity contribution is -0.158. The molecule has 0 bridgehead atoms. The zero-order valence-corrected chi connectivity index (χ0v) is 17.1. The first kappa shape index (κ1) is 22.9. The van der Waals surface area contributed by atoms with Crippen molar-refractivity contribution in [3.05, 3.63) is 59.7 Å². The number of benzene rings is 2. The van der Waals surface area contributed by atoms with Crippen LogP contribution in [0.2, 0.25) is 0 Å². The molecular weight excluding hydrogens is 390 g/mol. The van der Waals surface area contributed by atoms with Crippen molar-refractivity contribution in [1.29, 1.82) is 0 Å². The number of hydrogen-bond donors (Lipinski definition) is 2. The number of rotatable bonds is 9. The Morgan fingerprint density at radius 2 is 1.50 bits per heavy atom.